The molecule has 2 aromatic rings. The molecule has 1 heterocycles. The van der Waals surface area contributed by atoms with Crippen molar-refractivity contribution in [3.8, 4) is 0 Å². The van der Waals surface area contributed by atoms with Crippen LogP contribution in [0.3, 0.4) is 0 Å². The second-order valence-corrected chi connectivity index (χ2v) is 3.82. The molecule has 2 N–H and O–H groups in total. The van der Waals surface area contributed by atoms with Crippen LogP contribution in [-0.4, -0.2) is 16.2 Å². The Hall–Kier alpha value is -1.66. The fourth-order valence-electron chi connectivity index (χ4n) is 1.26. The van der Waals surface area contributed by atoms with Crippen LogP contribution in [0.25, 0.3) is 10.3 Å². The number of hydrogen-bond donors (Lipinski definition) is 2. The van der Waals surface area contributed by atoms with Crippen LogP contribution < -0.4 is 4.94 Å². The predicted octanol–water partition coefficient (Wildman–Crippen LogP) is 0.972. The van der Waals surface area contributed by atoms with Crippen LogP contribution in [0.1, 0.15) is 11.7 Å². The summed E-state index contributed by atoms with van der Waals surface area (Å²) in [6.07, 6.45) is -1.64. The Balaban J connectivity index is 2.70. The van der Waals surface area contributed by atoms with E-state index in [2.05, 4.69) is 0 Å². The van der Waals surface area contributed by atoms with E-state index in [1.54, 1.807) is 6.07 Å². The Labute approximate surface area is 87.2 Å². The number of hydrogen-bond acceptors (Lipinski definition) is 5. The predicted molar refractivity (Wildman–Crippen MR) is 53.0 cm³/mol. The van der Waals surface area contributed by atoms with Gasteiger partial charge in [-0.05, 0) is 6.07 Å². The maximum Gasteiger partial charge on any atom is 0.396 e. The van der Waals surface area contributed by atoms with Crippen molar-refractivity contribution < 1.29 is 19.4 Å². The highest BCUT2D eigenvalue weighted by Gasteiger charge is 2.20. The fourth-order valence-corrected chi connectivity index (χ4v) is 2.07. The van der Waals surface area contributed by atoms with Crippen molar-refractivity contribution in [3.63, 3.8) is 0 Å². The maximum absolute atomic E-state index is 11.0. The third-order valence-electron chi connectivity index (χ3n) is 1.92. The average Bonchev–Trinajstić information content (AvgIpc) is 2.56. The van der Waals surface area contributed by atoms with Crippen molar-refractivity contribution in [1.29, 1.82) is 0 Å². The van der Waals surface area contributed by atoms with Gasteiger partial charge in [0.05, 0.1) is 4.70 Å². The first-order valence-corrected chi connectivity index (χ1v) is 4.84. The van der Waals surface area contributed by atoms with E-state index in [0.717, 1.165) is 11.3 Å². The molecular weight excluding hydrogens is 220 g/mol. The number of carboxylic acid groups (broad SMARTS) is 1. The summed E-state index contributed by atoms with van der Waals surface area (Å²) < 4.78 is 5.17. The number of fused-ring (bicyclic) bond motifs is 1. The molecule has 1 atom stereocenters. The maximum atomic E-state index is 11.0. The highest BCUT2D eigenvalue weighted by Crippen LogP contribution is 2.26. The summed E-state index contributed by atoms with van der Waals surface area (Å²) in [7, 11) is 0. The molecule has 0 aliphatic rings. The monoisotopic (exact) mass is 226 g/mol. The van der Waals surface area contributed by atoms with E-state index in [0.29, 0.717) is 10.3 Å². The molecule has 5 nitrogen and oxygen atoms in total. The average molecular weight is 226 g/mol. The first kappa shape index (κ1) is 9.88. The molecule has 6 heteroatoms. The standard InChI is InChI=1S/C9H6O5S/c10-6(8(11)12)4-2-1-3-5-7(4)15-9(13)14-5/h1-3,6,10H,(H,11,12). The molecule has 1 aromatic carbocycles. The summed E-state index contributed by atoms with van der Waals surface area (Å²) in [5, 5.41) is 18.0. The molecule has 1 aromatic heterocycles. The summed E-state index contributed by atoms with van der Waals surface area (Å²) in [5.41, 5.74) is 0.471. The largest absolute Gasteiger partial charge is 0.479 e. The molecule has 0 aliphatic heterocycles. The molecule has 2 rings (SSSR count). The van der Waals surface area contributed by atoms with Crippen molar-refractivity contribution in [2.75, 3.05) is 0 Å². The summed E-state index contributed by atoms with van der Waals surface area (Å²) in [5.74, 6) is -1.36. The van der Waals surface area contributed by atoms with Gasteiger partial charge in [0.1, 0.15) is 5.58 Å². The molecule has 0 saturated carbocycles. The SMILES string of the molecule is O=C(O)C(O)c1cccc2oc(=O)sc12. The van der Waals surface area contributed by atoms with Gasteiger partial charge >= 0.3 is 10.9 Å². The highest BCUT2D eigenvalue weighted by atomic mass is 32.1. The fraction of sp³-hybridized carbons (Fsp3) is 0.111. The number of aliphatic hydroxyl groups excluding tert-OH is 1. The molecule has 0 spiro atoms. The minimum atomic E-state index is -1.64. The van der Waals surface area contributed by atoms with E-state index in [-0.39, 0.29) is 5.56 Å². The van der Waals surface area contributed by atoms with Crippen molar-refractivity contribution in [2.24, 2.45) is 0 Å². The first-order chi connectivity index (χ1) is 7.09. The topological polar surface area (TPSA) is 87.7 Å². The number of aliphatic carboxylic acids is 1. The zero-order valence-electron chi connectivity index (χ0n) is 7.34. The second kappa shape index (κ2) is 3.48. The van der Waals surface area contributed by atoms with Gasteiger partial charge in [-0.2, -0.15) is 0 Å². The lowest BCUT2D eigenvalue weighted by molar-refractivity contribution is -0.146. The molecule has 78 valence electrons. The van der Waals surface area contributed by atoms with E-state index >= 15 is 0 Å². The third kappa shape index (κ3) is 1.64. The minimum Gasteiger partial charge on any atom is -0.479 e. The van der Waals surface area contributed by atoms with Gasteiger partial charge in [-0.3, -0.25) is 0 Å². The molecular formula is C9H6O5S. The van der Waals surface area contributed by atoms with Crippen LogP contribution in [0.5, 0.6) is 0 Å². The number of rotatable bonds is 2. The van der Waals surface area contributed by atoms with Crippen LogP contribution >= 0.6 is 11.3 Å². The van der Waals surface area contributed by atoms with Crippen LogP contribution in [0.2, 0.25) is 0 Å². The van der Waals surface area contributed by atoms with Gasteiger partial charge < -0.3 is 14.6 Å². The van der Waals surface area contributed by atoms with Crippen LogP contribution in [0.15, 0.2) is 27.4 Å². The van der Waals surface area contributed by atoms with Gasteiger partial charge in [0.25, 0.3) is 0 Å². The Morgan fingerprint density at radius 3 is 2.87 bits per heavy atom. The van der Waals surface area contributed by atoms with Gasteiger partial charge in [-0.25, -0.2) is 9.59 Å². The zero-order chi connectivity index (χ0) is 11.0. The molecule has 0 saturated heterocycles. The number of carboxylic acids is 1. The van der Waals surface area contributed by atoms with Crippen molar-refractivity contribution in [3.05, 3.63) is 33.5 Å². The van der Waals surface area contributed by atoms with E-state index in [9.17, 15) is 14.7 Å². The Kier molecular flexibility index (Phi) is 2.29. The minimum absolute atomic E-state index is 0.177. The van der Waals surface area contributed by atoms with E-state index in [1.165, 1.54) is 12.1 Å². The molecule has 15 heavy (non-hydrogen) atoms. The molecule has 0 fully saturated rings. The molecule has 0 amide bonds. The smallest absolute Gasteiger partial charge is 0.396 e. The number of carbonyl (C=O) groups is 1. The number of aliphatic hydroxyl groups is 1. The van der Waals surface area contributed by atoms with Crippen LogP contribution in [0.4, 0.5) is 0 Å². The lowest BCUT2D eigenvalue weighted by Crippen LogP contribution is -2.10. The summed E-state index contributed by atoms with van der Waals surface area (Å²) in [6.45, 7) is 0. The van der Waals surface area contributed by atoms with Gasteiger partial charge in [0, 0.05) is 5.56 Å². The summed E-state index contributed by atoms with van der Waals surface area (Å²) in [6, 6.07) is 4.53. The Morgan fingerprint density at radius 2 is 2.20 bits per heavy atom. The van der Waals surface area contributed by atoms with Gasteiger partial charge in [-0.15, -0.1) is 0 Å². The van der Waals surface area contributed by atoms with Gasteiger partial charge in [-0.1, -0.05) is 23.5 Å². The molecule has 0 bridgehead atoms. The van der Waals surface area contributed by atoms with Crippen molar-refractivity contribution in [1.82, 2.24) is 0 Å². The van der Waals surface area contributed by atoms with Crippen molar-refractivity contribution in [2.45, 2.75) is 6.10 Å². The van der Waals surface area contributed by atoms with Crippen LogP contribution in [-0.2, 0) is 4.79 Å². The number of benzene rings is 1. The summed E-state index contributed by atoms with van der Waals surface area (Å²) >= 11 is 0.779. The third-order valence-corrected chi connectivity index (χ3v) is 2.81. The van der Waals surface area contributed by atoms with E-state index in [1.807, 2.05) is 0 Å². The van der Waals surface area contributed by atoms with Crippen LogP contribution in [0, 0.1) is 0 Å². The molecule has 0 aliphatic carbocycles. The van der Waals surface area contributed by atoms with E-state index < -0.39 is 17.0 Å². The zero-order valence-corrected chi connectivity index (χ0v) is 8.15. The van der Waals surface area contributed by atoms with E-state index in [4.69, 9.17) is 9.52 Å². The lowest BCUT2D eigenvalue weighted by atomic mass is 10.1. The highest BCUT2D eigenvalue weighted by molar-refractivity contribution is 7.16. The first-order valence-electron chi connectivity index (χ1n) is 4.03. The lowest BCUT2D eigenvalue weighted by Gasteiger charge is -2.04. The van der Waals surface area contributed by atoms with Gasteiger partial charge in [0.2, 0.25) is 0 Å². The van der Waals surface area contributed by atoms with Crippen molar-refractivity contribution >= 4 is 27.6 Å². The summed E-state index contributed by atoms with van der Waals surface area (Å²) in [4.78, 5) is 21.0. The quantitative estimate of drug-likeness (QED) is 0.796. The molecule has 1 unspecified atom stereocenters. The normalized spacial score (nSPS) is 12.9. The second-order valence-electron chi connectivity index (χ2n) is 2.87. The Bertz CT molecular complexity index is 567. The molecule has 0 radical (unpaired) electrons. The van der Waals surface area contributed by atoms with Gasteiger partial charge in [0.15, 0.2) is 6.10 Å². The Morgan fingerprint density at radius 1 is 1.47 bits per heavy atom.